The monoisotopic (exact) mass is 479 g/mol. The van der Waals surface area contributed by atoms with E-state index in [0.29, 0.717) is 47.5 Å². The molecule has 1 unspecified atom stereocenters. The average Bonchev–Trinajstić information content (AvgIpc) is 3.31. The third-order valence-electron chi connectivity index (χ3n) is 6.84. The van der Waals surface area contributed by atoms with Crippen LogP contribution in [0.2, 0.25) is 0 Å². The molecule has 0 saturated heterocycles. The number of halogens is 1. The van der Waals surface area contributed by atoms with Crippen molar-refractivity contribution in [1.29, 1.82) is 0 Å². The van der Waals surface area contributed by atoms with Gasteiger partial charge in [0.05, 0.1) is 14.2 Å². The Morgan fingerprint density at radius 1 is 1.03 bits per heavy atom. The van der Waals surface area contributed by atoms with Crippen LogP contribution in [-0.4, -0.2) is 43.4 Å². The normalized spacial score (nSPS) is 19.3. The van der Waals surface area contributed by atoms with Gasteiger partial charge in [0.25, 0.3) is 0 Å². The summed E-state index contributed by atoms with van der Waals surface area (Å²) in [4.78, 5) is 6.78. The Balaban J connectivity index is 1.33. The van der Waals surface area contributed by atoms with Crippen molar-refractivity contribution in [3.8, 4) is 11.5 Å². The summed E-state index contributed by atoms with van der Waals surface area (Å²) in [5.74, 6) is 3.39. The molecule has 3 aromatic rings. The van der Waals surface area contributed by atoms with Crippen LogP contribution in [0.1, 0.15) is 54.6 Å². The van der Waals surface area contributed by atoms with Crippen molar-refractivity contribution < 1.29 is 18.4 Å². The molecule has 0 aliphatic heterocycles. The number of ether oxygens (including phenoxy) is 2. The van der Waals surface area contributed by atoms with Gasteiger partial charge in [-0.3, -0.25) is 0 Å². The zero-order chi connectivity index (χ0) is 24.8. The van der Waals surface area contributed by atoms with Crippen LogP contribution in [0.25, 0.3) is 6.08 Å². The molecule has 1 aromatic heterocycles. The van der Waals surface area contributed by atoms with E-state index in [1.54, 1.807) is 26.4 Å². The predicted octanol–water partition coefficient (Wildman–Crippen LogP) is 5.94. The maximum Gasteiger partial charge on any atom is 0.250 e. The molecule has 186 valence electrons. The van der Waals surface area contributed by atoms with Crippen molar-refractivity contribution in [1.82, 2.24) is 15.0 Å². The summed E-state index contributed by atoms with van der Waals surface area (Å²) in [7, 11) is 7.45. The van der Waals surface area contributed by atoms with E-state index < -0.39 is 0 Å². The molecule has 1 heterocycles. The number of benzene rings is 2. The summed E-state index contributed by atoms with van der Waals surface area (Å²) >= 11 is 0. The number of aromatic nitrogens is 2. The number of methoxy groups -OCH3 is 2. The van der Waals surface area contributed by atoms with Crippen LogP contribution in [-0.2, 0) is 6.42 Å². The van der Waals surface area contributed by atoms with Crippen LogP contribution in [0, 0.1) is 17.7 Å². The van der Waals surface area contributed by atoms with E-state index in [1.165, 1.54) is 5.56 Å². The van der Waals surface area contributed by atoms with Gasteiger partial charge in [0.15, 0.2) is 17.3 Å². The summed E-state index contributed by atoms with van der Waals surface area (Å²) in [6, 6.07) is 13.0. The zero-order valence-corrected chi connectivity index (χ0v) is 20.9. The Morgan fingerprint density at radius 3 is 2.40 bits per heavy atom. The first-order chi connectivity index (χ1) is 17.0. The molecule has 35 heavy (non-hydrogen) atoms. The third kappa shape index (κ3) is 6.28. The first-order valence-corrected chi connectivity index (χ1v) is 12.1. The second-order valence-electron chi connectivity index (χ2n) is 9.41. The molecule has 2 aromatic carbocycles. The maximum atomic E-state index is 13.4. The van der Waals surface area contributed by atoms with Gasteiger partial charge >= 0.3 is 0 Å². The van der Waals surface area contributed by atoms with Gasteiger partial charge in [-0.15, -0.1) is 0 Å². The molecule has 7 heteroatoms. The van der Waals surface area contributed by atoms with E-state index in [2.05, 4.69) is 35.2 Å². The minimum Gasteiger partial charge on any atom is -0.493 e. The number of nitrogens with zero attached hydrogens (tertiary/aromatic N) is 3. The van der Waals surface area contributed by atoms with Crippen molar-refractivity contribution in [2.24, 2.45) is 11.8 Å². The topological polar surface area (TPSA) is 60.6 Å². The van der Waals surface area contributed by atoms with Crippen LogP contribution in [0.5, 0.6) is 11.5 Å². The Morgan fingerprint density at radius 2 is 1.74 bits per heavy atom. The first kappa shape index (κ1) is 24.9. The highest BCUT2D eigenvalue weighted by molar-refractivity contribution is 5.44. The van der Waals surface area contributed by atoms with Crippen molar-refractivity contribution >= 4 is 6.08 Å². The van der Waals surface area contributed by atoms with E-state index in [0.717, 1.165) is 31.2 Å². The molecular formula is C28H34FN3O3. The lowest BCUT2D eigenvalue weighted by atomic mass is 9.76. The van der Waals surface area contributed by atoms with E-state index >= 15 is 0 Å². The van der Waals surface area contributed by atoms with Crippen LogP contribution >= 0.6 is 0 Å². The standard InChI is InChI=1S/C28H34FN3O3/c1-32(2)28(22-11-13-23(29)14-12-22)21-9-5-19(6-10-21)8-16-27-30-26(31-35-27)18-20-7-15-24(33-3)25(17-20)34-4/h7-8,11-17,19,21,28H,5-6,9-10,18H2,1-4H3. The Hall–Kier alpha value is -3.19. The first-order valence-electron chi connectivity index (χ1n) is 12.1. The molecule has 4 rings (SSSR count). The lowest BCUT2D eigenvalue weighted by Gasteiger charge is -2.37. The number of allylic oxidation sites excluding steroid dienone is 1. The summed E-state index contributed by atoms with van der Waals surface area (Å²) in [6.45, 7) is 0. The van der Waals surface area contributed by atoms with Gasteiger partial charge < -0.3 is 18.9 Å². The quantitative estimate of drug-likeness (QED) is 0.379. The van der Waals surface area contributed by atoms with Crippen molar-refractivity contribution in [3.63, 3.8) is 0 Å². The average molecular weight is 480 g/mol. The smallest absolute Gasteiger partial charge is 0.250 e. The molecule has 6 nitrogen and oxygen atoms in total. The highest BCUT2D eigenvalue weighted by atomic mass is 19.1. The number of hydrogen-bond donors (Lipinski definition) is 0. The molecule has 1 fully saturated rings. The second kappa shape index (κ2) is 11.5. The van der Waals surface area contributed by atoms with Gasteiger partial charge in [-0.05, 0) is 93.1 Å². The van der Waals surface area contributed by atoms with Crippen LogP contribution in [0.15, 0.2) is 53.1 Å². The summed E-state index contributed by atoms with van der Waals surface area (Å²) in [5.41, 5.74) is 2.21. The van der Waals surface area contributed by atoms with Crippen molar-refractivity contribution in [3.05, 3.63) is 77.2 Å². The van der Waals surface area contributed by atoms with Crippen LogP contribution in [0.4, 0.5) is 4.39 Å². The third-order valence-corrected chi connectivity index (χ3v) is 6.84. The number of hydrogen-bond acceptors (Lipinski definition) is 6. The fourth-order valence-corrected chi connectivity index (χ4v) is 5.10. The van der Waals surface area contributed by atoms with Crippen molar-refractivity contribution in [2.75, 3.05) is 28.3 Å². The van der Waals surface area contributed by atoms with Crippen molar-refractivity contribution in [2.45, 2.75) is 38.1 Å². The van der Waals surface area contributed by atoms with Gasteiger partial charge in [0, 0.05) is 12.5 Å². The lowest BCUT2D eigenvalue weighted by Crippen LogP contribution is -2.30. The SMILES string of the molecule is COc1ccc(Cc2noc(C=CC3CCC(C(c4ccc(F)cc4)N(C)C)CC3)n2)cc1OC. The van der Waals surface area contributed by atoms with Crippen LogP contribution in [0.3, 0.4) is 0 Å². The predicted molar refractivity (Wildman–Crippen MR) is 134 cm³/mol. The summed E-state index contributed by atoms with van der Waals surface area (Å²) in [5, 5.41) is 4.13. The highest BCUT2D eigenvalue weighted by Gasteiger charge is 2.29. The van der Waals surface area contributed by atoms with E-state index in [4.69, 9.17) is 14.0 Å². The molecule has 1 saturated carbocycles. The fraction of sp³-hybridized carbons (Fsp3) is 0.429. The highest BCUT2D eigenvalue weighted by Crippen LogP contribution is 2.40. The van der Waals surface area contributed by atoms with E-state index in [1.807, 2.05) is 36.4 Å². The largest absolute Gasteiger partial charge is 0.493 e. The molecule has 0 spiro atoms. The molecule has 0 amide bonds. The maximum absolute atomic E-state index is 13.4. The molecule has 0 bridgehead atoms. The fourth-order valence-electron chi connectivity index (χ4n) is 5.10. The van der Waals surface area contributed by atoms with E-state index in [-0.39, 0.29) is 5.82 Å². The molecular weight excluding hydrogens is 445 g/mol. The van der Waals surface area contributed by atoms with E-state index in [9.17, 15) is 4.39 Å². The minimum absolute atomic E-state index is 0.187. The molecule has 1 aliphatic rings. The van der Waals surface area contributed by atoms with Gasteiger partial charge in [-0.1, -0.05) is 29.4 Å². The van der Waals surface area contributed by atoms with Crippen LogP contribution < -0.4 is 9.47 Å². The van der Waals surface area contributed by atoms with Gasteiger partial charge in [-0.25, -0.2) is 4.39 Å². The molecule has 1 atom stereocenters. The summed E-state index contributed by atoms with van der Waals surface area (Å²) < 4.78 is 29.5. The molecule has 1 aliphatic carbocycles. The lowest BCUT2D eigenvalue weighted by molar-refractivity contribution is 0.159. The minimum atomic E-state index is -0.187. The summed E-state index contributed by atoms with van der Waals surface area (Å²) in [6.07, 6.45) is 9.18. The van der Waals surface area contributed by atoms with Gasteiger partial charge in [0.2, 0.25) is 5.89 Å². The number of rotatable bonds is 9. The van der Waals surface area contributed by atoms with Gasteiger partial charge in [0.1, 0.15) is 5.82 Å². The Bertz CT molecular complexity index is 1120. The second-order valence-corrected chi connectivity index (χ2v) is 9.41. The molecule has 0 radical (unpaired) electrons. The Kier molecular flexibility index (Phi) is 8.18. The Labute approximate surface area is 206 Å². The zero-order valence-electron chi connectivity index (χ0n) is 20.9. The molecule has 0 N–H and O–H groups in total. The van der Waals surface area contributed by atoms with Gasteiger partial charge in [-0.2, -0.15) is 4.98 Å².